The lowest BCUT2D eigenvalue weighted by atomic mass is 9.95. The molecule has 0 aromatic carbocycles. The first-order valence-electron chi connectivity index (χ1n) is 7.68. The third kappa shape index (κ3) is 9.90. The normalized spacial score (nSPS) is 12.7. The van der Waals surface area contributed by atoms with Gasteiger partial charge in [-0.2, -0.15) is 0 Å². The minimum absolute atomic E-state index is 0.367. The van der Waals surface area contributed by atoms with Gasteiger partial charge in [-0.3, -0.25) is 0 Å². The van der Waals surface area contributed by atoms with E-state index in [-0.39, 0.29) is 0 Å². The average molecular weight is 256 g/mol. The number of hydrogen-bond donors (Lipinski definition) is 0. The predicted molar refractivity (Wildman–Crippen MR) is 83.3 cm³/mol. The smallest absolute Gasteiger partial charge is 0.0147 e. The summed E-state index contributed by atoms with van der Waals surface area (Å²) in [4.78, 5) is 4.62. The zero-order chi connectivity index (χ0) is 14.0. The van der Waals surface area contributed by atoms with E-state index in [2.05, 4.69) is 51.8 Å². The van der Waals surface area contributed by atoms with E-state index in [1.54, 1.807) is 0 Å². The number of hydrogen-bond acceptors (Lipinski definition) is 2. The van der Waals surface area contributed by atoms with Crippen LogP contribution in [-0.2, 0) is 0 Å². The van der Waals surface area contributed by atoms with Gasteiger partial charge in [0.2, 0.25) is 0 Å². The van der Waals surface area contributed by atoms with Gasteiger partial charge in [0.25, 0.3) is 0 Å². The zero-order valence-corrected chi connectivity index (χ0v) is 13.8. The van der Waals surface area contributed by atoms with E-state index in [1.807, 2.05) is 0 Å². The zero-order valence-electron chi connectivity index (χ0n) is 13.8. The molecule has 0 saturated carbocycles. The molecular weight excluding hydrogens is 220 g/mol. The van der Waals surface area contributed by atoms with Crippen LogP contribution in [0.2, 0.25) is 0 Å². The monoisotopic (exact) mass is 256 g/mol. The number of unbranched alkanes of at least 4 members (excludes halogenated alkanes) is 6. The van der Waals surface area contributed by atoms with E-state index in [1.165, 1.54) is 57.9 Å². The Kier molecular flexibility index (Phi) is 9.76. The van der Waals surface area contributed by atoms with Gasteiger partial charge in [-0.15, -0.1) is 0 Å². The number of nitrogens with zero attached hydrogens (tertiary/aromatic N) is 2. The van der Waals surface area contributed by atoms with E-state index in [0.717, 1.165) is 0 Å². The van der Waals surface area contributed by atoms with Gasteiger partial charge in [-0.1, -0.05) is 38.5 Å². The summed E-state index contributed by atoms with van der Waals surface area (Å²) in [5, 5.41) is 0. The molecule has 2 heteroatoms. The fraction of sp³-hybridized carbons (Fsp3) is 1.00. The van der Waals surface area contributed by atoms with Crippen molar-refractivity contribution < 1.29 is 0 Å². The standard InChI is InChI=1S/C16H36N2/c1-16(2,18(5)6)14-12-10-8-7-9-11-13-15-17(3)4/h7-15H2,1-6H3. The highest BCUT2D eigenvalue weighted by molar-refractivity contribution is 4.76. The molecule has 0 aromatic heterocycles. The lowest BCUT2D eigenvalue weighted by Gasteiger charge is -2.32. The van der Waals surface area contributed by atoms with Gasteiger partial charge < -0.3 is 9.80 Å². The number of rotatable bonds is 11. The Morgan fingerprint density at radius 2 is 1.11 bits per heavy atom. The van der Waals surface area contributed by atoms with Crippen LogP contribution in [0.3, 0.4) is 0 Å². The molecule has 2 nitrogen and oxygen atoms in total. The van der Waals surface area contributed by atoms with E-state index >= 15 is 0 Å². The summed E-state index contributed by atoms with van der Waals surface area (Å²) in [6.45, 7) is 5.93. The molecule has 0 aliphatic rings. The molecule has 0 saturated heterocycles. The molecule has 0 spiro atoms. The van der Waals surface area contributed by atoms with Crippen LogP contribution in [0, 0.1) is 0 Å². The molecular formula is C16H36N2. The molecule has 0 aromatic rings. The maximum Gasteiger partial charge on any atom is 0.0147 e. The second-order valence-electron chi connectivity index (χ2n) is 6.74. The Balaban J connectivity index is 3.26. The first kappa shape index (κ1) is 17.9. The van der Waals surface area contributed by atoms with E-state index in [0.29, 0.717) is 5.54 Å². The summed E-state index contributed by atoms with van der Waals surface area (Å²) in [6, 6.07) is 0. The molecule has 0 heterocycles. The van der Waals surface area contributed by atoms with Crippen molar-refractivity contribution in [3.63, 3.8) is 0 Å². The molecule has 0 bridgehead atoms. The molecule has 110 valence electrons. The van der Waals surface area contributed by atoms with Crippen molar-refractivity contribution in [1.82, 2.24) is 9.80 Å². The summed E-state index contributed by atoms with van der Waals surface area (Å²) in [5.74, 6) is 0. The van der Waals surface area contributed by atoms with Crippen LogP contribution in [0.1, 0.15) is 65.2 Å². The van der Waals surface area contributed by atoms with E-state index in [4.69, 9.17) is 0 Å². The van der Waals surface area contributed by atoms with Gasteiger partial charge in [0, 0.05) is 5.54 Å². The molecule has 0 fully saturated rings. The Hall–Kier alpha value is -0.0800. The summed E-state index contributed by atoms with van der Waals surface area (Å²) >= 11 is 0. The molecule has 0 unspecified atom stereocenters. The van der Waals surface area contributed by atoms with Crippen LogP contribution in [0.5, 0.6) is 0 Å². The predicted octanol–water partition coefficient (Wildman–Crippen LogP) is 4.01. The van der Waals surface area contributed by atoms with E-state index in [9.17, 15) is 0 Å². The van der Waals surface area contributed by atoms with Crippen LogP contribution in [0.15, 0.2) is 0 Å². The SMILES string of the molecule is CN(C)CCCCCCCCCC(C)(C)N(C)C. The van der Waals surface area contributed by atoms with Crippen molar-refractivity contribution in [3.05, 3.63) is 0 Å². The van der Waals surface area contributed by atoms with E-state index < -0.39 is 0 Å². The van der Waals surface area contributed by atoms with Gasteiger partial charge in [0.15, 0.2) is 0 Å². The topological polar surface area (TPSA) is 6.48 Å². The maximum absolute atomic E-state index is 2.34. The lowest BCUT2D eigenvalue weighted by molar-refractivity contribution is 0.177. The van der Waals surface area contributed by atoms with Crippen molar-refractivity contribution in [2.24, 2.45) is 0 Å². The van der Waals surface area contributed by atoms with Gasteiger partial charge >= 0.3 is 0 Å². The van der Waals surface area contributed by atoms with Gasteiger partial charge in [-0.05, 0) is 61.4 Å². The molecule has 0 rings (SSSR count). The van der Waals surface area contributed by atoms with Crippen LogP contribution >= 0.6 is 0 Å². The minimum Gasteiger partial charge on any atom is -0.309 e. The highest BCUT2D eigenvalue weighted by Crippen LogP contribution is 2.19. The third-order valence-electron chi connectivity index (χ3n) is 4.10. The second kappa shape index (κ2) is 9.80. The Morgan fingerprint density at radius 1 is 0.667 bits per heavy atom. The summed E-state index contributed by atoms with van der Waals surface area (Å²) in [5.41, 5.74) is 0.367. The fourth-order valence-electron chi connectivity index (χ4n) is 2.09. The Morgan fingerprint density at radius 3 is 1.56 bits per heavy atom. The van der Waals surface area contributed by atoms with Crippen molar-refractivity contribution in [1.29, 1.82) is 0 Å². The summed E-state index contributed by atoms with van der Waals surface area (Å²) < 4.78 is 0. The summed E-state index contributed by atoms with van der Waals surface area (Å²) in [6.07, 6.45) is 11.1. The first-order chi connectivity index (χ1) is 8.36. The molecule has 0 amide bonds. The van der Waals surface area contributed by atoms with Crippen LogP contribution in [0.4, 0.5) is 0 Å². The maximum atomic E-state index is 2.34. The Labute approximate surface area is 116 Å². The van der Waals surface area contributed by atoms with Gasteiger partial charge in [0.1, 0.15) is 0 Å². The van der Waals surface area contributed by atoms with Crippen LogP contribution in [0.25, 0.3) is 0 Å². The minimum atomic E-state index is 0.367. The molecule has 0 atom stereocenters. The molecule has 0 N–H and O–H groups in total. The molecule has 0 aliphatic heterocycles. The van der Waals surface area contributed by atoms with Crippen molar-refractivity contribution >= 4 is 0 Å². The average Bonchev–Trinajstić information content (AvgIpc) is 2.26. The van der Waals surface area contributed by atoms with Crippen molar-refractivity contribution in [3.8, 4) is 0 Å². The van der Waals surface area contributed by atoms with Crippen molar-refractivity contribution in [2.75, 3.05) is 34.7 Å². The van der Waals surface area contributed by atoms with Crippen LogP contribution < -0.4 is 0 Å². The van der Waals surface area contributed by atoms with Gasteiger partial charge in [0.05, 0.1) is 0 Å². The quantitative estimate of drug-likeness (QED) is 0.515. The first-order valence-corrected chi connectivity index (χ1v) is 7.68. The highest BCUT2D eigenvalue weighted by Gasteiger charge is 2.18. The summed E-state index contributed by atoms with van der Waals surface area (Å²) in [7, 11) is 8.69. The molecule has 0 aliphatic carbocycles. The molecule has 18 heavy (non-hydrogen) atoms. The third-order valence-corrected chi connectivity index (χ3v) is 4.10. The van der Waals surface area contributed by atoms with Gasteiger partial charge in [-0.25, -0.2) is 0 Å². The van der Waals surface area contributed by atoms with Crippen molar-refractivity contribution in [2.45, 2.75) is 70.8 Å². The second-order valence-corrected chi connectivity index (χ2v) is 6.74. The fourth-order valence-corrected chi connectivity index (χ4v) is 2.09. The lowest BCUT2D eigenvalue weighted by Crippen LogP contribution is -2.37. The Bertz CT molecular complexity index is 186. The molecule has 0 radical (unpaired) electrons. The highest BCUT2D eigenvalue weighted by atomic mass is 15.1. The largest absolute Gasteiger partial charge is 0.309 e. The van der Waals surface area contributed by atoms with Crippen LogP contribution in [-0.4, -0.2) is 50.1 Å².